The maximum atomic E-state index is 14.5. The summed E-state index contributed by atoms with van der Waals surface area (Å²) in [7, 11) is 7.02. The third kappa shape index (κ3) is 10.6. The number of hydrogen-bond acceptors (Lipinski definition) is 12. The van der Waals surface area contributed by atoms with Gasteiger partial charge in [-0.3, -0.25) is 9.59 Å². The van der Waals surface area contributed by atoms with Crippen molar-refractivity contribution in [2.45, 2.75) is 153 Å². The Hall–Kier alpha value is -3.17. The molecule has 3 fully saturated rings. The molecule has 3 aliphatic rings. The molecular weight excluding hydrogens is 746 g/mol. The van der Waals surface area contributed by atoms with Crippen LogP contribution in [0, 0.1) is 29.6 Å². The highest BCUT2D eigenvalue weighted by Crippen LogP contribution is 2.39. The van der Waals surface area contributed by atoms with Crippen LogP contribution >= 0.6 is 0 Å². The van der Waals surface area contributed by atoms with E-state index in [1.165, 1.54) is 7.11 Å². The summed E-state index contributed by atoms with van der Waals surface area (Å²) in [4.78, 5) is 39.3. The number of nitrogens with one attached hydrogen (secondary N) is 2. The van der Waals surface area contributed by atoms with Gasteiger partial charge < -0.3 is 59.1 Å². The molecule has 15 heteroatoms. The average Bonchev–Trinajstić information content (AvgIpc) is 3.57. The van der Waals surface area contributed by atoms with E-state index >= 15 is 0 Å². The second kappa shape index (κ2) is 19.0. The molecule has 5 rings (SSSR count). The summed E-state index contributed by atoms with van der Waals surface area (Å²) in [5.74, 6) is 4.02. The lowest BCUT2D eigenvalue weighted by Crippen LogP contribution is -2.61. The van der Waals surface area contributed by atoms with Crippen molar-refractivity contribution < 1.29 is 48.6 Å². The number of methoxy groups -OCH3 is 1. The van der Waals surface area contributed by atoms with E-state index < -0.39 is 78.1 Å². The zero-order valence-electron chi connectivity index (χ0n) is 36.1. The smallest absolute Gasteiger partial charge is 0.225 e. The summed E-state index contributed by atoms with van der Waals surface area (Å²) in [6.07, 6.45) is -2.27. The van der Waals surface area contributed by atoms with Crippen LogP contribution in [-0.4, -0.2) is 154 Å². The minimum Gasteiger partial charge on any atom is -0.387 e. The highest BCUT2D eigenvalue weighted by Gasteiger charge is 2.51. The number of nitrogens with zero attached hydrogens (tertiary/aromatic N) is 3. The predicted octanol–water partition coefficient (Wildman–Crippen LogP) is 2.80. The van der Waals surface area contributed by atoms with Gasteiger partial charge in [0, 0.05) is 75.7 Å². The first-order valence-electron chi connectivity index (χ1n) is 20.6. The zero-order valence-corrected chi connectivity index (χ0v) is 36.1. The van der Waals surface area contributed by atoms with Gasteiger partial charge in [-0.15, -0.1) is 0 Å². The topological polar surface area (TPSA) is 188 Å². The first-order chi connectivity index (χ1) is 27.2. The van der Waals surface area contributed by atoms with Gasteiger partial charge in [0.1, 0.15) is 17.9 Å². The minimum absolute atomic E-state index is 0.00444. The molecule has 5 unspecified atom stereocenters. The van der Waals surface area contributed by atoms with Crippen molar-refractivity contribution in [3.63, 3.8) is 0 Å². The number of aromatic nitrogens is 2. The Labute approximate surface area is 343 Å². The van der Waals surface area contributed by atoms with E-state index in [0.29, 0.717) is 18.6 Å². The Morgan fingerprint density at radius 2 is 1.81 bits per heavy atom. The molecule has 0 aliphatic carbocycles. The second-order valence-corrected chi connectivity index (χ2v) is 17.8. The Morgan fingerprint density at radius 1 is 1.09 bits per heavy atom. The summed E-state index contributed by atoms with van der Waals surface area (Å²) >= 11 is 0. The van der Waals surface area contributed by atoms with Crippen LogP contribution in [0.3, 0.4) is 0 Å². The Balaban J connectivity index is 1.53. The van der Waals surface area contributed by atoms with E-state index in [1.807, 2.05) is 51.9 Å². The molecule has 2 aromatic rings. The molecule has 0 bridgehead atoms. The lowest BCUT2D eigenvalue weighted by atomic mass is 9.77. The van der Waals surface area contributed by atoms with Gasteiger partial charge in [0.15, 0.2) is 12.6 Å². The van der Waals surface area contributed by atoms with Gasteiger partial charge >= 0.3 is 0 Å². The van der Waals surface area contributed by atoms with Crippen LogP contribution in [0.5, 0.6) is 0 Å². The van der Waals surface area contributed by atoms with Gasteiger partial charge in [-0.05, 0) is 72.7 Å². The highest BCUT2D eigenvalue weighted by molar-refractivity contribution is 5.83. The Morgan fingerprint density at radius 3 is 2.50 bits per heavy atom. The van der Waals surface area contributed by atoms with Crippen molar-refractivity contribution >= 4 is 22.8 Å². The van der Waals surface area contributed by atoms with Crippen molar-refractivity contribution in [1.29, 1.82) is 0 Å². The normalized spacial score (nSPS) is 39.8. The van der Waals surface area contributed by atoms with Gasteiger partial charge in [-0.25, -0.2) is 4.98 Å². The monoisotopic (exact) mass is 813 g/mol. The third-order valence-electron chi connectivity index (χ3n) is 12.4. The van der Waals surface area contributed by atoms with Gasteiger partial charge in [0.25, 0.3) is 0 Å². The standard InChI is InChI=1S/C43H67N5O10/c1-24-20-42(6,53)38(58-41-35(50)32(47(8)9)18-25(2)55-41)26(3)36(57-34-21-43(7,54-11)37(51)28(5)56-34)27(4)40(52)46-30(19-33(49)48(10)23-24)15-12-14-29-22-45-39-31(29)16-13-17-44-39/h13,16-17,22,24-28,30,32,34-38,41,50-51,53H,15,18-21,23H2,1-11H3,(H,44,45)(H,46,52)/t24-,25-,26+,27?,28?,30-,32+,34+,35-,36?,37+,38-,41?,42?,43-/m1/s1. The quantitative estimate of drug-likeness (QED) is 0.258. The molecule has 2 aromatic heterocycles. The summed E-state index contributed by atoms with van der Waals surface area (Å²) in [5.41, 5.74) is -1.10. The number of ether oxygens (including phenoxy) is 5. The molecular formula is C43H67N5O10. The maximum absolute atomic E-state index is 14.5. The zero-order chi connectivity index (χ0) is 42.7. The average molecular weight is 814 g/mol. The molecule has 5 N–H and O–H groups in total. The number of aromatic amines is 1. The minimum atomic E-state index is -1.56. The largest absolute Gasteiger partial charge is 0.387 e. The number of amides is 2. The number of rotatable bonds is 7. The lowest BCUT2D eigenvalue weighted by Gasteiger charge is -2.49. The van der Waals surface area contributed by atoms with Crippen LogP contribution in [0.15, 0.2) is 24.5 Å². The summed E-state index contributed by atoms with van der Waals surface area (Å²) < 4.78 is 31.8. The number of aliphatic hydroxyl groups is 3. The molecule has 0 aromatic carbocycles. The van der Waals surface area contributed by atoms with Crippen LogP contribution in [-0.2, 0) is 33.3 Å². The molecule has 0 radical (unpaired) electrons. The Kier molecular flexibility index (Phi) is 15.1. The van der Waals surface area contributed by atoms with Crippen LogP contribution < -0.4 is 5.32 Å². The molecule has 3 saturated heterocycles. The van der Waals surface area contributed by atoms with Gasteiger partial charge in [0.05, 0.1) is 47.1 Å². The summed E-state index contributed by atoms with van der Waals surface area (Å²) in [6, 6.07) is 2.86. The summed E-state index contributed by atoms with van der Waals surface area (Å²) in [6.45, 7) is 13.0. The summed E-state index contributed by atoms with van der Waals surface area (Å²) in [5, 5.41) is 39.1. The van der Waals surface area contributed by atoms with Crippen LogP contribution in [0.1, 0.15) is 86.1 Å². The molecule has 15 atom stereocenters. The number of carbonyl (C=O) groups is 2. The van der Waals surface area contributed by atoms with Gasteiger partial charge in [0.2, 0.25) is 11.8 Å². The fraction of sp³-hybridized carbons (Fsp3) is 0.744. The highest BCUT2D eigenvalue weighted by atomic mass is 16.7. The molecule has 5 heterocycles. The van der Waals surface area contributed by atoms with Gasteiger partial charge in [-0.1, -0.05) is 32.6 Å². The van der Waals surface area contributed by atoms with Crippen molar-refractivity contribution in [3.05, 3.63) is 30.1 Å². The molecule has 324 valence electrons. The number of aliphatic hydroxyl groups excluding tert-OH is 2. The van der Waals surface area contributed by atoms with Crippen LogP contribution in [0.25, 0.3) is 11.0 Å². The van der Waals surface area contributed by atoms with Crippen molar-refractivity contribution in [2.24, 2.45) is 17.8 Å². The Bertz CT molecular complexity index is 1760. The number of fused-ring (bicyclic) bond motifs is 1. The molecule has 58 heavy (non-hydrogen) atoms. The van der Waals surface area contributed by atoms with Crippen LogP contribution in [0.2, 0.25) is 0 Å². The van der Waals surface area contributed by atoms with Crippen LogP contribution in [0.4, 0.5) is 0 Å². The van der Waals surface area contributed by atoms with E-state index in [-0.39, 0.29) is 49.7 Å². The van der Waals surface area contributed by atoms with Gasteiger partial charge in [-0.2, -0.15) is 0 Å². The molecule has 0 spiro atoms. The van der Waals surface area contributed by atoms with E-state index in [4.69, 9.17) is 23.7 Å². The van der Waals surface area contributed by atoms with E-state index in [2.05, 4.69) is 27.1 Å². The second-order valence-electron chi connectivity index (χ2n) is 17.8. The third-order valence-corrected chi connectivity index (χ3v) is 12.4. The number of H-pyrrole nitrogens is 1. The molecule has 3 aliphatic heterocycles. The predicted molar refractivity (Wildman–Crippen MR) is 217 cm³/mol. The van der Waals surface area contributed by atoms with Crippen molar-refractivity contribution in [3.8, 4) is 11.8 Å². The number of carbonyl (C=O) groups excluding carboxylic acids is 2. The first kappa shape index (κ1) is 45.9. The number of likely N-dealkylation sites (N-methyl/N-ethyl adjacent to an activating group) is 1. The molecule has 0 saturated carbocycles. The number of pyridine rings is 1. The van der Waals surface area contributed by atoms with E-state index in [9.17, 15) is 24.9 Å². The molecule has 15 nitrogen and oxygen atoms in total. The lowest BCUT2D eigenvalue weighted by molar-refractivity contribution is -0.317. The van der Waals surface area contributed by atoms with Crippen molar-refractivity contribution in [1.82, 2.24) is 25.1 Å². The van der Waals surface area contributed by atoms with E-state index in [1.54, 1.807) is 52.0 Å². The van der Waals surface area contributed by atoms with Crippen molar-refractivity contribution in [2.75, 3.05) is 34.8 Å². The fourth-order valence-electron chi connectivity index (χ4n) is 9.08. The maximum Gasteiger partial charge on any atom is 0.225 e. The molecule has 2 amide bonds. The first-order valence-corrected chi connectivity index (χ1v) is 20.6. The SMILES string of the molecule is CO[C@]1(C)C[C@H](OC2C(C)C(=O)N[C@H](CC#Cc3c[nH]c4ncccc34)CC(=O)N(C)C[C@H](C)CC(C)(O)[C@H](OC3O[C@H](C)C[C@H](N(C)C)[C@H]3O)[C@H]2C)OC(C)[C@@H]1O. The number of hydrogen-bond donors (Lipinski definition) is 5. The van der Waals surface area contributed by atoms with E-state index in [0.717, 1.165) is 10.9 Å². The fourth-order valence-corrected chi connectivity index (χ4v) is 9.08.